The summed E-state index contributed by atoms with van der Waals surface area (Å²) in [6, 6.07) is 5.92. The standard InChI is InChI=1S/C12H15F4NO/c1-11(17,6-7-18-8-12(14,15)16)9-4-2-3-5-10(9)13/h2-5H,6-8,17H2,1H3. The van der Waals surface area contributed by atoms with Gasteiger partial charge in [0, 0.05) is 17.7 Å². The first-order valence-electron chi connectivity index (χ1n) is 5.41. The highest BCUT2D eigenvalue weighted by Crippen LogP contribution is 2.24. The Labute approximate surface area is 103 Å². The van der Waals surface area contributed by atoms with Gasteiger partial charge < -0.3 is 10.5 Å². The number of benzene rings is 1. The molecule has 18 heavy (non-hydrogen) atoms. The van der Waals surface area contributed by atoms with Gasteiger partial charge in [-0.1, -0.05) is 18.2 Å². The van der Waals surface area contributed by atoms with E-state index >= 15 is 0 Å². The molecular formula is C12H15F4NO. The van der Waals surface area contributed by atoms with E-state index < -0.39 is 24.1 Å². The average Bonchev–Trinajstić information content (AvgIpc) is 2.24. The third-order valence-electron chi connectivity index (χ3n) is 2.52. The van der Waals surface area contributed by atoms with Gasteiger partial charge in [-0.25, -0.2) is 4.39 Å². The van der Waals surface area contributed by atoms with Crippen molar-refractivity contribution in [2.45, 2.75) is 25.1 Å². The Balaban J connectivity index is 2.53. The molecule has 0 aliphatic heterocycles. The monoisotopic (exact) mass is 265 g/mol. The molecule has 6 heteroatoms. The predicted molar refractivity (Wildman–Crippen MR) is 59.4 cm³/mol. The minimum Gasteiger partial charge on any atom is -0.372 e. The summed E-state index contributed by atoms with van der Waals surface area (Å²) in [6.07, 6.45) is -4.26. The molecule has 0 amide bonds. The van der Waals surface area contributed by atoms with Gasteiger partial charge in [0.15, 0.2) is 0 Å². The van der Waals surface area contributed by atoms with Crippen LogP contribution in [-0.2, 0) is 10.3 Å². The van der Waals surface area contributed by atoms with Gasteiger partial charge in [-0.3, -0.25) is 0 Å². The minimum absolute atomic E-state index is 0.101. The summed E-state index contributed by atoms with van der Waals surface area (Å²) in [5.41, 5.74) is 5.09. The average molecular weight is 265 g/mol. The quantitative estimate of drug-likeness (QED) is 0.656. The third kappa shape index (κ3) is 4.62. The van der Waals surface area contributed by atoms with Crippen molar-refractivity contribution in [3.8, 4) is 0 Å². The van der Waals surface area contributed by atoms with Crippen LogP contribution in [0, 0.1) is 5.82 Å². The van der Waals surface area contributed by atoms with Crippen molar-refractivity contribution >= 4 is 0 Å². The Hall–Kier alpha value is -1.14. The first kappa shape index (κ1) is 14.9. The van der Waals surface area contributed by atoms with Crippen LogP contribution in [0.3, 0.4) is 0 Å². The van der Waals surface area contributed by atoms with E-state index in [0.717, 1.165) is 0 Å². The van der Waals surface area contributed by atoms with Gasteiger partial charge >= 0.3 is 6.18 Å². The van der Waals surface area contributed by atoms with Crippen LogP contribution in [0.2, 0.25) is 0 Å². The Morgan fingerprint density at radius 3 is 2.39 bits per heavy atom. The third-order valence-corrected chi connectivity index (χ3v) is 2.52. The molecule has 1 atom stereocenters. The Morgan fingerprint density at radius 1 is 1.22 bits per heavy atom. The molecule has 1 rings (SSSR count). The molecule has 0 saturated carbocycles. The summed E-state index contributed by atoms with van der Waals surface area (Å²) < 4.78 is 53.5. The molecule has 2 N–H and O–H groups in total. The van der Waals surface area contributed by atoms with Gasteiger partial charge in [-0.15, -0.1) is 0 Å². The summed E-state index contributed by atoms with van der Waals surface area (Å²) >= 11 is 0. The Kier molecular flexibility index (Phi) is 4.70. The van der Waals surface area contributed by atoms with Gasteiger partial charge in [0.05, 0.1) is 0 Å². The molecule has 1 unspecified atom stereocenters. The molecule has 0 spiro atoms. The maximum atomic E-state index is 13.5. The van der Waals surface area contributed by atoms with E-state index in [4.69, 9.17) is 5.73 Å². The lowest BCUT2D eigenvalue weighted by molar-refractivity contribution is -0.174. The van der Waals surface area contributed by atoms with E-state index in [9.17, 15) is 17.6 Å². The smallest absolute Gasteiger partial charge is 0.372 e. The minimum atomic E-state index is -4.36. The summed E-state index contributed by atoms with van der Waals surface area (Å²) in [7, 11) is 0. The molecule has 0 bridgehead atoms. The number of hydrogen-bond donors (Lipinski definition) is 1. The fourth-order valence-corrected chi connectivity index (χ4v) is 1.53. The number of ether oxygens (including phenoxy) is 1. The molecule has 0 saturated heterocycles. The van der Waals surface area contributed by atoms with Crippen LogP contribution in [-0.4, -0.2) is 19.4 Å². The zero-order valence-electron chi connectivity index (χ0n) is 9.93. The van der Waals surface area contributed by atoms with Crippen LogP contribution in [0.1, 0.15) is 18.9 Å². The van der Waals surface area contributed by atoms with Crippen LogP contribution in [0.25, 0.3) is 0 Å². The Morgan fingerprint density at radius 2 is 1.83 bits per heavy atom. The van der Waals surface area contributed by atoms with Crippen molar-refractivity contribution in [2.75, 3.05) is 13.2 Å². The number of rotatable bonds is 5. The summed E-state index contributed by atoms with van der Waals surface area (Å²) in [5.74, 6) is -0.474. The van der Waals surface area contributed by atoms with Gasteiger partial charge in [0.1, 0.15) is 12.4 Å². The van der Waals surface area contributed by atoms with Gasteiger partial charge in [-0.05, 0) is 19.4 Å². The van der Waals surface area contributed by atoms with Gasteiger partial charge in [0.2, 0.25) is 0 Å². The molecule has 1 aromatic rings. The van der Waals surface area contributed by atoms with Crippen LogP contribution < -0.4 is 5.73 Å². The fraction of sp³-hybridized carbons (Fsp3) is 0.500. The topological polar surface area (TPSA) is 35.2 Å². The van der Waals surface area contributed by atoms with Gasteiger partial charge in [-0.2, -0.15) is 13.2 Å². The maximum absolute atomic E-state index is 13.5. The van der Waals surface area contributed by atoms with Gasteiger partial charge in [0.25, 0.3) is 0 Å². The highest BCUT2D eigenvalue weighted by molar-refractivity contribution is 5.24. The second-order valence-electron chi connectivity index (χ2n) is 4.32. The summed E-state index contributed by atoms with van der Waals surface area (Å²) in [6.45, 7) is 0.0591. The molecule has 1 aromatic carbocycles. The van der Waals surface area contributed by atoms with Crippen LogP contribution in [0.4, 0.5) is 17.6 Å². The van der Waals surface area contributed by atoms with Crippen molar-refractivity contribution in [1.29, 1.82) is 0 Å². The molecule has 102 valence electrons. The first-order chi connectivity index (χ1) is 8.22. The second-order valence-corrected chi connectivity index (χ2v) is 4.32. The summed E-state index contributed by atoms with van der Waals surface area (Å²) in [4.78, 5) is 0. The lowest BCUT2D eigenvalue weighted by Gasteiger charge is -2.25. The number of hydrogen-bond acceptors (Lipinski definition) is 2. The zero-order valence-corrected chi connectivity index (χ0v) is 9.93. The highest BCUT2D eigenvalue weighted by Gasteiger charge is 2.29. The van der Waals surface area contributed by atoms with E-state index in [1.54, 1.807) is 13.0 Å². The number of halogens is 4. The van der Waals surface area contributed by atoms with Crippen LogP contribution in [0.5, 0.6) is 0 Å². The molecule has 0 aliphatic rings. The molecule has 0 fully saturated rings. The summed E-state index contributed by atoms with van der Waals surface area (Å²) in [5, 5.41) is 0. The van der Waals surface area contributed by atoms with E-state index in [0.29, 0.717) is 0 Å². The molecule has 0 aliphatic carbocycles. The van der Waals surface area contributed by atoms with Crippen molar-refractivity contribution in [2.24, 2.45) is 5.73 Å². The first-order valence-corrected chi connectivity index (χ1v) is 5.41. The SMILES string of the molecule is CC(N)(CCOCC(F)(F)F)c1ccccc1F. The van der Waals surface area contributed by atoms with E-state index in [1.807, 2.05) is 0 Å². The molecular weight excluding hydrogens is 250 g/mol. The lowest BCUT2D eigenvalue weighted by atomic mass is 9.90. The molecule has 2 nitrogen and oxygen atoms in total. The lowest BCUT2D eigenvalue weighted by Crippen LogP contribution is -2.35. The van der Waals surface area contributed by atoms with Crippen LogP contribution >= 0.6 is 0 Å². The fourth-order valence-electron chi connectivity index (χ4n) is 1.53. The van der Waals surface area contributed by atoms with Crippen molar-refractivity contribution in [1.82, 2.24) is 0 Å². The molecule has 0 heterocycles. The molecule has 0 aromatic heterocycles. The predicted octanol–water partition coefficient (Wildman–Crippen LogP) is 2.97. The van der Waals surface area contributed by atoms with E-state index in [2.05, 4.69) is 4.74 Å². The van der Waals surface area contributed by atoms with E-state index in [1.165, 1.54) is 18.2 Å². The second kappa shape index (κ2) is 5.67. The van der Waals surface area contributed by atoms with E-state index in [-0.39, 0.29) is 18.6 Å². The largest absolute Gasteiger partial charge is 0.411 e. The maximum Gasteiger partial charge on any atom is 0.411 e. The molecule has 0 radical (unpaired) electrons. The van der Waals surface area contributed by atoms with Crippen molar-refractivity contribution < 1.29 is 22.3 Å². The Bertz CT molecular complexity index is 390. The number of alkyl halides is 3. The zero-order chi connectivity index (χ0) is 13.8. The normalized spacial score (nSPS) is 15.4. The van der Waals surface area contributed by atoms with Crippen molar-refractivity contribution in [3.05, 3.63) is 35.6 Å². The van der Waals surface area contributed by atoms with Crippen LogP contribution in [0.15, 0.2) is 24.3 Å². The number of nitrogens with two attached hydrogens (primary N) is 1. The highest BCUT2D eigenvalue weighted by atomic mass is 19.4. The van der Waals surface area contributed by atoms with Crippen molar-refractivity contribution in [3.63, 3.8) is 0 Å².